The van der Waals surface area contributed by atoms with Gasteiger partial charge in [-0.2, -0.15) is 13.2 Å². The van der Waals surface area contributed by atoms with Gasteiger partial charge in [0, 0.05) is 18.2 Å². The maximum Gasteiger partial charge on any atom is 0.416 e. The molecule has 2 aromatic rings. The molecule has 11 heteroatoms. The minimum atomic E-state index is -4.66. The first kappa shape index (κ1) is 33.3. The predicted octanol–water partition coefficient (Wildman–Crippen LogP) is 7.25. The van der Waals surface area contributed by atoms with E-state index in [2.05, 4.69) is 18.5 Å². The van der Waals surface area contributed by atoms with Crippen LogP contribution >= 0.6 is 7.60 Å². The van der Waals surface area contributed by atoms with Gasteiger partial charge < -0.3 is 19.1 Å². The molecule has 0 saturated heterocycles. The van der Waals surface area contributed by atoms with E-state index in [0.717, 1.165) is 17.7 Å². The second-order valence-electron chi connectivity index (χ2n) is 10.1. The van der Waals surface area contributed by atoms with Crippen LogP contribution in [0.3, 0.4) is 0 Å². The van der Waals surface area contributed by atoms with E-state index < -0.39 is 42.8 Å². The van der Waals surface area contributed by atoms with Crippen LogP contribution in [0.25, 0.3) is 0 Å². The average Bonchev–Trinajstić information content (AvgIpc) is 2.94. The molecule has 3 rings (SSSR count). The molecule has 2 aromatic carbocycles. The minimum Gasteiger partial charge on any atom is -0.466 e. The van der Waals surface area contributed by atoms with Crippen LogP contribution in [0, 0.1) is 5.92 Å². The van der Waals surface area contributed by atoms with Gasteiger partial charge in [0.1, 0.15) is 11.6 Å². The number of hydrogen-bond acceptors (Lipinski definition) is 7. The van der Waals surface area contributed by atoms with E-state index in [0.29, 0.717) is 12.2 Å². The maximum atomic E-state index is 14.5. The second-order valence-corrected chi connectivity index (χ2v) is 12.1. The highest BCUT2D eigenvalue weighted by Gasteiger charge is 2.57. The van der Waals surface area contributed by atoms with Gasteiger partial charge in [-0.3, -0.25) is 14.3 Å². The normalized spacial score (nSPS) is 21.1. The number of halogens is 3. The van der Waals surface area contributed by atoms with Gasteiger partial charge >= 0.3 is 19.7 Å². The third kappa shape index (κ3) is 7.24. The number of nitrogens with one attached hydrogen (secondary N) is 1. The number of allylic oxidation sites excluding steroid dienone is 2. The molecule has 3 atom stereocenters. The summed E-state index contributed by atoms with van der Waals surface area (Å²) in [5.41, 5.74) is -0.718. The summed E-state index contributed by atoms with van der Waals surface area (Å²) in [5, 5.41) is 3.39. The average molecular weight is 607 g/mol. The van der Waals surface area contributed by atoms with E-state index in [1.165, 1.54) is 24.3 Å². The van der Waals surface area contributed by atoms with E-state index in [4.69, 9.17) is 13.8 Å². The number of alkyl halides is 3. The van der Waals surface area contributed by atoms with Crippen LogP contribution in [-0.4, -0.2) is 43.4 Å². The van der Waals surface area contributed by atoms with Crippen molar-refractivity contribution in [2.45, 2.75) is 45.1 Å². The number of nitrogens with zero attached hydrogens (tertiary/aromatic N) is 1. The molecule has 1 aliphatic rings. The van der Waals surface area contributed by atoms with Crippen molar-refractivity contribution in [1.82, 2.24) is 10.2 Å². The van der Waals surface area contributed by atoms with Crippen molar-refractivity contribution in [1.29, 1.82) is 0 Å². The largest absolute Gasteiger partial charge is 0.466 e. The fraction of sp³-hybridized carbons (Fsp3) is 0.387. The van der Waals surface area contributed by atoms with Crippen LogP contribution in [0.4, 0.5) is 13.2 Å². The Kier molecular flexibility index (Phi) is 11.0. The molecule has 1 heterocycles. The van der Waals surface area contributed by atoms with Crippen molar-refractivity contribution in [2.24, 2.45) is 5.92 Å². The summed E-state index contributed by atoms with van der Waals surface area (Å²) < 4.78 is 73.3. The molecule has 1 N–H and O–H groups in total. The monoisotopic (exact) mass is 606 g/mol. The molecule has 1 aliphatic heterocycles. The fourth-order valence-electron chi connectivity index (χ4n) is 5.30. The lowest BCUT2D eigenvalue weighted by atomic mass is 9.73. The molecule has 0 bridgehead atoms. The summed E-state index contributed by atoms with van der Waals surface area (Å²) in [4.78, 5) is 15.8. The summed E-state index contributed by atoms with van der Waals surface area (Å²) in [5.74, 6) is -3.04. The summed E-state index contributed by atoms with van der Waals surface area (Å²) in [6.45, 7) is 12.4. The standard InChI is InChI=1S/C31H38F3N2O5P/c1-7-18-40-42(38,41-19-8-2)28-22(4)35-30(5,36(6)21-23-14-11-10-12-15-23)27(29(37)39-9-3)26(28)24-16-13-17-25(20-24)31(32,33)34/h7-8,10-17,20,26-27,35H,1-2,9,18-19,21H2,3-6H3. The number of carbonyl (C=O) groups excluding carboxylic acids is 1. The van der Waals surface area contributed by atoms with Crippen molar-refractivity contribution >= 4 is 13.6 Å². The fourth-order valence-corrected chi connectivity index (χ4v) is 7.36. The Bertz CT molecular complexity index is 1330. The first-order valence-corrected chi connectivity index (χ1v) is 15.1. The van der Waals surface area contributed by atoms with Gasteiger partial charge in [0.25, 0.3) is 0 Å². The van der Waals surface area contributed by atoms with Crippen molar-refractivity contribution < 1.29 is 36.3 Å². The van der Waals surface area contributed by atoms with E-state index in [1.807, 2.05) is 35.2 Å². The molecule has 3 unspecified atom stereocenters. The van der Waals surface area contributed by atoms with E-state index in [-0.39, 0.29) is 30.7 Å². The van der Waals surface area contributed by atoms with Gasteiger partial charge in [-0.15, -0.1) is 13.2 Å². The predicted molar refractivity (Wildman–Crippen MR) is 156 cm³/mol. The first-order valence-electron chi connectivity index (χ1n) is 13.5. The number of esters is 1. The Morgan fingerprint density at radius 3 is 2.26 bits per heavy atom. The lowest BCUT2D eigenvalue weighted by molar-refractivity contribution is -0.156. The van der Waals surface area contributed by atoms with Gasteiger partial charge in [-0.05, 0) is 45.0 Å². The van der Waals surface area contributed by atoms with Crippen LogP contribution in [0.2, 0.25) is 0 Å². The number of rotatable bonds is 13. The molecule has 0 saturated carbocycles. The summed E-state index contributed by atoms with van der Waals surface area (Å²) in [6, 6.07) is 14.2. The summed E-state index contributed by atoms with van der Waals surface area (Å²) >= 11 is 0. The Hall–Kier alpha value is -3.17. The molecule has 0 aromatic heterocycles. The number of ether oxygens (including phenoxy) is 1. The van der Waals surface area contributed by atoms with Crippen LogP contribution < -0.4 is 5.32 Å². The van der Waals surface area contributed by atoms with Crippen molar-refractivity contribution in [3.63, 3.8) is 0 Å². The Balaban J connectivity index is 2.35. The van der Waals surface area contributed by atoms with Crippen molar-refractivity contribution in [3.05, 3.63) is 108 Å². The summed E-state index contributed by atoms with van der Waals surface area (Å²) in [6.07, 6.45) is -1.89. The Labute approximate surface area is 245 Å². The van der Waals surface area contributed by atoms with Gasteiger partial charge in [0.2, 0.25) is 0 Å². The zero-order chi connectivity index (χ0) is 31.1. The molecule has 0 fully saturated rings. The summed E-state index contributed by atoms with van der Waals surface area (Å²) in [7, 11) is -2.44. The highest BCUT2D eigenvalue weighted by Crippen LogP contribution is 2.65. The van der Waals surface area contributed by atoms with Gasteiger partial charge in [0.05, 0.1) is 30.7 Å². The molecule has 228 valence electrons. The lowest BCUT2D eigenvalue weighted by Crippen LogP contribution is -2.65. The smallest absolute Gasteiger partial charge is 0.416 e. The molecule has 7 nitrogen and oxygen atoms in total. The third-order valence-corrected chi connectivity index (χ3v) is 9.43. The number of benzene rings is 2. The molecular formula is C31H38F3N2O5P. The Morgan fingerprint density at radius 2 is 1.71 bits per heavy atom. The number of carbonyl (C=O) groups is 1. The van der Waals surface area contributed by atoms with Crippen LogP contribution in [0.5, 0.6) is 0 Å². The number of hydrogen-bond donors (Lipinski definition) is 1. The molecule has 0 amide bonds. The highest BCUT2D eigenvalue weighted by atomic mass is 31.2. The molecule has 0 radical (unpaired) electrons. The molecule has 0 aliphatic carbocycles. The SMILES string of the molecule is C=CCOP(=O)(OCC=C)C1=C(C)NC(C)(N(C)Cc2ccccc2)C(C(=O)OCC)C1c1cccc(C(F)(F)F)c1. The third-order valence-electron chi connectivity index (χ3n) is 7.25. The van der Waals surface area contributed by atoms with Gasteiger partial charge in [-0.25, -0.2) is 0 Å². The zero-order valence-electron chi connectivity index (χ0n) is 24.3. The molecule has 0 spiro atoms. The van der Waals surface area contributed by atoms with Crippen molar-refractivity contribution in [2.75, 3.05) is 26.9 Å². The second kappa shape index (κ2) is 13.9. The van der Waals surface area contributed by atoms with Crippen molar-refractivity contribution in [3.8, 4) is 0 Å². The maximum absolute atomic E-state index is 14.5. The van der Waals surface area contributed by atoms with Crippen LogP contribution in [0.1, 0.15) is 43.4 Å². The van der Waals surface area contributed by atoms with E-state index in [1.54, 1.807) is 27.8 Å². The molecular weight excluding hydrogens is 568 g/mol. The van der Waals surface area contributed by atoms with E-state index in [9.17, 15) is 22.5 Å². The topological polar surface area (TPSA) is 77.1 Å². The first-order chi connectivity index (χ1) is 19.8. The zero-order valence-corrected chi connectivity index (χ0v) is 25.2. The Morgan fingerprint density at radius 1 is 1.10 bits per heavy atom. The van der Waals surface area contributed by atoms with Gasteiger partial charge in [-0.1, -0.05) is 60.7 Å². The van der Waals surface area contributed by atoms with Gasteiger partial charge in [0.15, 0.2) is 0 Å². The minimum absolute atomic E-state index is 0.0265. The lowest BCUT2D eigenvalue weighted by Gasteiger charge is -2.52. The van der Waals surface area contributed by atoms with E-state index >= 15 is 0 Å². The van der Waals surface area contributed by atoms with Crippen LogP contribution in [0.15, 0.2) is 90.9 Å². The highest BCUT2D eigenvalue weighted by molar-refractivity contribution is 7.58. The van der Waals surface area contributed by atoms with Crippen LogP contribution in [-0.2, 0) is 35.9 Å². The quantitative estimate of drug-likeness (QED) is 0.146. The molecule has 42 heavy (non-hydrogen) atoms.